The maximum atomic E-state index is 11.9. The Hall–Kier alpha value is -1.78. The van der Waals surface area contributed by atoms with Crippen LogP contribution in [0.2, 0.25) is 0 Å². The molecular weight excluding hydrogens is 356 g/mol. The second kappa shape index (κ2) is 5.86. The minimum Gasteiger partial charge on any atom is -0.371 e. The summed E-state index contributed by atoms with van der Waals surface area (Å²) in [5.41, 5.74) is 0.616. The van der Waals surface area contributed by atoms with Crippen molar-refractivity contribution >= 4 is 21.5 Å². The molecule has 2 aromatic rings. The number of nitrogens with zero attached hydrogens (tertiary/aromatic N) is 5. The van der Waals surface area contributed by atoms with E-state index in [2.05, 4.69) is 24.9 Å². The van der Waals surface area contributed by atoms with Crippen molar-refractivity contribution in [1.29, 1.82) is 0 Å². The fourth-order valence-corrected chi connectivity index (χ4v) is 5.22. The molecule has 0 aromatic carbocycles. The molecule has 0 amide bonds. The van der Waals surface area contributed by atoms with E-state index < -0.39 is 10.0 Å². The molecule has 9 nitrogen and oxygen atoms in total. The van der Waals surface area contributed by atoms with Gasteiger partial charge in [-0.3, -0.25) is 0 Å². The third-order valence-corrected chi connectivity index (χ3v) is 7.52. The summed E-state index contributed by atoms with van der Waals surface area (Å²) in [5, 5.41) is 12.2. The normalized spacial score (nSPS) is 25.5. The number of fused-ring (bicyclic) bond motifs is 1. The molecule has 2 saturated heterocycles. The van der Waals surface area contributed by atoms with Gasteiger partial charge in [0, 0.05) is 6.54 Å². The zero-order valence-corrected chi connectivity index (χ0v) is 15.2. The summed E-state index contributed by atoms with van der Waals surface area (Å²) in [4.78, 5) is 2.19. The van der Waals surface area contributed by atoms with Crippen molar-refractivity contribution < 1.29 is 13.2 Å². The standard InChI is InChI=1S/C16H22N6O3S/c23-26(24,13-1-2-13)18-7-12-5-6-16(25-8-12)9-21(10-16)15-4-3-14-19-17-11-22(14)20-15/h3-4,11-13,18H,1-2,5-10H2/t12-/m0/s1. The van der Waals surface area contributed by atoms with Gasteiger partial charge < -0.3 is 9.64 Å². The number of aromatic nitrogens is 4. The topological polar surface area (TPSA) is 102 Å². The van der Waals surface area contributed by atoms with Gasteiger partial charge in [-0.1, -0.05) is 0 Å². The first-order chi connectivity index (χ1) is 12.5. The highest BCUT2D eigenvalue weighted by molar-refractivity contribution is 7.90. The van der Waals surface area contributed by atoms with E-state index in [4.69, 9.17) is 4.74 Å². The first-order valence-corrected chi connectivity index (χ1v) is 10.6. The number of anilines is 1. The van der Waals surface area contributed by atoms with E-state index in [1.807, 2.05) is 12.1 Å². The van der Waals surface area contributed by atoms with Crippen LogP contribution in [-0.2, 0) is 14.8 Å². The van der Waals surface area contributed by atoms with E-state index in [0.717, 1.165) is 50.2 Å². The lowest BCUT2D eigenvalue weighted by atomic mass is 9.83. The summed E-state index contributed by atoms with van der Waals surface area (Å²) in [6, 6.07) is 3.86. The van der Waals surface area contributed by atoms with E-state index in [0.29, 0.717) is 13.2 Å². The summed E-state index contributed by atoms with van der Waals surface area (Å²) in [7, 11) is -3.10. The molecule has 2 aromatic heterocycles. The molecule has 26 heavy (non-hydrogen) atoms. The van der Waals surface area contributed by atoms with Crippen LogP contribution < -0.4 is 9.62 Å². The van der Waals surface area contributed by atoms with Crippen LogP contribution in [0.3, 0.4) is 0 Å². The Labute approximate surface area is 151 Å². The Morgan fingerprint density at radius 1 is 1.27 bits per heavy atom. The Bertz CT molecular complexity index is 909. The minimum absolute atomic E-state index is 0.115. The van der Waals surface area contributed by atoms with Crippen molar-refractivity contribution in [2.24, 2.45) is 5.92 Å². The minimum atomic E-state index is -3.10. The van der Waals surface area contributed by atoms with Crippen LogP contribution in [0.25, 0.3) is 5.65 Å². The Balaban J connectivity index is 1.14. The second-order valence-electron chi connectivity index (χ2n) is 7.67. The van der Waals surface area contributed by atoms with Crippen LogP contribution in [0.1, 0.15) is 25.7 Å². The van der Waals surface area contributed by atoms with Crippen LogP contribution in [-0.4, -0.2) is 65.3 Å². The SMILES string of the molecule is O=S(=O)(NC[C@@H]1CCC2(CN(c3ccc4nncn4n3)C2)OC1)C1CC1. The molecule has 0 bridgehead atoms. The largest absolute Gasteiger partial charge is 0.371 e. The van der Waals surface area contributed by atoms with Crippen LogP contribution in [0.5, 0.6) is 0 Å². The van der Waals surface area contributed by atoms with Crippen molar-refractivity contribution in [3.63, 3.8) is 0 Å². The lowest BCUT2D eigenvalue weighted by Crippen LogP contribution is -2.65. The van der Waals surface area contributed by atoms with Gasteiger partial charge in [-0.15, -0.1) is 15.3 Å². The highest BCUT2D eigenvalue weighted by atomic mass is 32.2. The summed E-state index contributed by atoms with van der Waals surface area (Å²) in [6.45, 7) is 2.73. The van der Waals surface area contributed by atoms with Gasteiger partial charge in [0.05, 0.1) is 24.9 Å². The average Bonchev–Trinajstić information content (AvgIpc) is 3.38. The van der Waals surface area contributed by atoms with Gasteiger partial charge in [-0.2, -0.15) is 4.52 Å². The zero-order valence-electron chi connectivity index (χ0n) is 14.4. The molecule has 1 N–H and O–H groups in total. The number of hydrogen-bond donors (Lipinski definition) is 1. The summed E-state index contributed by atoms with van der Waals surface area (Å²) >= 11 is 0. The molecule has 3 fully saturated rings. The first-order valence-electron chi connectivity index (χ1n) is 9.08. The van der Waals surface area contributed by atoms with Crippen LogP contribution in [0.4, 0.5) is 5.82 Å². The second-order valence-corrected chi connectivity index (χ2v) is 9.72. The van der Waals surface area contributed by atoms with Crippen LogP contribution >= 0.6 is 0 Å². The molecule has 1 saturated carbocycles. The molecule has 5 rings (SSSR count). The Morgan fingerprint density at radius 2 is 2.12 bits per heavy atom. The van der Waals surface area contributed by atoms with E-state index >= 15 is 0 Å². The van der Waals surface area contributed by atoms with E-state index in [1.165, 1.54) is 0 Å². The summed E-state index contributed by atoms with van der Waals surface area (Å²) in [5.74, 6) is 1.15. The monoisotopic (exact) mass is 378 g/mol. The highest BCUT2D eigenvalue weighted by Crippen LogP contribution is 2.38. The zero-order chi connectivity index (χ0) is 17.8. The first kappa shape index (κ1) is 16.4. The van der Waals surface area contributed by atoms with Crippen LogP contribution in [0, 0.1) is 5.92 Å². The predicted octanol–water partition coefficient (Wildman–Crippen LogP) is 0.192. The maximum absolute atomic E-state index is 11.9. The number of sulfonamides is 1. The highest BCUT2D eigenvalue weighted by Gasteiger charge is 2.47. The fourth-order valence-electron chi connectivity index (χ4n) is 3.76. The summed E-state index contributed by atoms with van der Waals surface area (Å²) in [6.07, 6.45) is 5.13. The molecule has 4 heterocycles. The van der Waals surface area contributed by atoms with Gasteiger partial charge in [0.15, 0.2) is 5.65 Å². The predicted molar refractivity (Wildman–Crippen MR) is 94.3 cm³/mol. The molecule has 1 atom stereocenters. The lowest BCUT2D eigenvalue weighted by Gasteiger charge is -2.53. The molecule has 1 spiro atoms. The van der Waals surface area contributed by atoms with Crippen LogP contribution in [0.15, 0.2) is 18.5 Å². The molecule has 140 valence electrons. The Kier molecular flexibility index (Phi) is 3.70. The summed E-state index contributed by atoms with van der Waals surface area (Å²) < 4.78 is 34.4. The van der Waals surface area contributed by atoms with Gasteiger partial charge >= 0.3 is 0 Å². The van der Waals surface area contributed by atoms with Gasteiger partial charge in [0.1, 0.15) is 17.7 Å². The Morgan fingerprint density at radius 3 is 2.85 bits per heavy atom. The van der Waals surface area contributed by atoms with E-state index in [9.17, 15) is 8.42 Å². The van der Waals surface area contributed by atoms with Gasteiger partial charge in [0.25, 0.3) is 0 Å². The fraction of sp³-hybridized carbons (Fsp3) is 0.688. The molecule has 3 aliphatic rings. The van der Waals surface area contributed by atoms with Gasteiger partial charge in [-0.25, -0.2) is 13.1 Å². The molecule has 1 aliphatic carbocycles. The van der Waals surface area contributed by atoms with Gasteiger partial charge in [0.2, 0.25) is 10.0 Å². The number of nitrogens with one attached hydrogen (secondary N) is 1. The van der Waals surface area contributed by atoms with Crippen molar-refractivity contribution in [2.75, 3.05) is 31.1 Å². The van der Waals surface area contributed by atoms with Crippen molar-refractivity contribution in [1.82, 2.24) is 24.5 Å². The van der Waals surface area contributed by atoms with E-state index in [1.54, 1.807) is 10.8 Å². The lowest BCUT2D eigenvalue weighted by molar-refractivity contribution is -0.114. The van der Waals surface area contributed by atoms with Crippen molar-refractivity contribution in [3.8, 4) is 0 Å². The van der Waals surface area contributed by atoms with E-state index in [-0.39, 0.29) is 16.8 Å². The smallest absolute Gasteiger partial charge is 0.214 e. The maximum Gasteiger partial charge on any atom is 0.214 e. The number of hydrogen-bond acceptors (Lipinski definition) is 7. The van der Waals surface area contributed by atoms with Crippen molar-refractivity contribution in [3.05, 3.63) is 18.5 Å². The van der Waals surface area contributed by atoms with Crippen molar-refractivity contribution in [2.45, 2.75) is 36.5 Å². The average molecular weight is 378 g/mol. The molecule has 2 aliphatic heterocycles. The number of rotatable bonds is 5. The quantitative estimate of drug-likeness (QED) is 0.792. The number of ether oxygens (including phenoxy) is 1. The molecular formula is C16H22N6O3S. The molecule has 0 radical (unpaired) electrons. The third kappa shape index (κ3) is 2.95. The molecule has 0 unspecified atom stereocenters. The third-order valence-electron chi connectivity index (χ3n) is 5.60. The molecule has 10 heteroatoms. The van der Waals surface area contributed by atoms with Gasteiger partial charge in [-0.05, 0) is 43.7 Å².